The molecule has 4 rings (SSSR count). The average Bonchev–Trinajstić information content (AvgIpc) is 3.46. The van der Waals surface area contributed by atoms with E-state index in [2.05, 4.69) is 40.5 Å². The number of piperidine rings is 1. The zero-order valence-electron chi connectivity index (χ0n) is 14.7. The second-order valence-electron chi connectivity index (χ2n) is 8.12. The zero-order chi connectivity index (χ0) is 16.4. The van der Waals surface area contributed by atoms with Gasteiger partial charge in [-0.1, -0.05) is 43.2 Å². The van der Waals surface area contributed by atoms with Crippen molar-refractivity contribution in [1.82, 2.24) is 10.2 Å². The third-order valence-corrected chi connectivity index (χ3v) is 6.36. The van der Waals surface area contributed by atoms with Crippen molar-refractivity contribution >= 4 is 0 Å². The summed E-state index contributed by atoms with van der Waals surface area (Å²) in [7, 11) is 0. The minimum Gasteiger partial charge on any atom is -0.391 e. The minimum atomic E-state index is -0.0909. The van der Waals surface area contributed by atoms with Crippen molar-refractivity contribution in [3.63, 3.8) is 0 Å². The molecule has 1 aliphatic heterocycles. The summed E-state index contributed by atoms with van der Waals surface area (Å²) in [6.07, 6.45) is 9.78. The van der Waals surface area contributed by atoms with Gasteiger partial charge in [0, 0.05) is 31.2 Å². The standard InChI is InChI=1S/C21H32N2O/c24-20-9-5-4-8-19(20)23-14-12-18(13-15-23)22-21(17-10-11-17)16-6-2-1-3-7-16/h1-3,6-7,17-22,24H,4-5,8-15H2. The number of nitrogens with zero attached hydrogens (tertiary/aromatic N) is 1. The molecule has 1 heterocycles. The van der Waals surface area contributed by atoms with Crippen LogP contribution in [0.3, 0.4) is 0 Å². The van der Waals surface area contributed by atoms with E-state index in [-0.39, 0.29) is 6.10 Å². The van der Waals surface area contributed by atoms with Crippen LogP contribution in [0.2, 0.25) is 0 Å². The number of nitrogens with one attached hydrogen (secondary N) is 1. The summed E-state index contributed by atoms with van der Waals surface area (Å²) < 4.78 is 0. The number of likely N-dealkylation sites (tertiary alicyclic amines) is 1. The highest BCUT2D eigenvalue weighted by atomic mass is 16.3. The van der Waals surface area contributed by atoms with E-state index in [0.29, 0.717) is 18.1 Å². The van der Waals surface area contributed by atoms with Crippen LogP contribution in [0.1, 0.15) is 63.0 Å². The van der Waals surface area contributed by atoms with Crippen molar-refractivity contribution < 1.29 is 5.11 Å². The minimum absolute atomic E-state index is 0.0909. The van der Waals surface area contributed by atoms with Gasteiger partial charge >= 0.3 is 0 Å². The Hall–Kier alpha value is -0.900. The SMILES string of the molecule is OC1CCCCC1N1CCC(NC(c2ccccc2)C2CC2)CC1. The van der Waals surface area contributed by atoms with Crippen molar-refractivity contribution in [2.45, 2.75) is 75.6 Å². The van der Waals surface area contributed by atoms with E-state index in [4.69, 9.17) is 0 Å². The Labute approximate surface area is 146 Å². The van der Waals surface area contributed by atoms with E-state index in [1.807, 2.05) is 0 Å². The molecule has 3 fully saturated rings. The highest BCUT2D eigenvalue weighted by Crippen LogP contribution is 2.41. The van der Waals surface area contributed by atoms with E-state index in [1.165, 1.54) is 50.5 Å². The maximum absolute atomic E-state index is 10.3. The van der Waals surface area contributed by atoms with Gasteiger partial charge in [-0.05, 0) is 50.0 Å². The van der Waals surface area contributed by atoms with Gasteiger partial charge in [0.25, 0.3) is 0 Å². The monoisotopic (exact) mass is 328 g/mol. The lowest BCUT2D eigenvalue weighted by Gasteiger charge is -2.42. The van der Waals surface area contributed by atoms with Crippen molar-refractivity contribution in [1.29, 1.82) is 0 Å². The summed E-state index contributed by atoms with van der Waals surface area (Å²) in [6.45, 7) is 2.29. The molecule has 24 heavy (non-hydrogen) atoms. The number of hydrogen-bond acceptors (Lipinski definition) is 3. The van der Waals surface area contributed by atoms with E-state index < -0.39 is 0 Å². The molecule has 0 aromatic heterocycles. The van der Waals surface area contributed by atoms with Gasteiger partial charge in [-0.3, -0.25) is 4.90 Å². The number of hydrogen-bond donors (Lipinski definition) is 2. The molecule has 1 saturated heterocycles. The molecule has 1 aromatic rings. The van der Waals surface area contributed by atoms with Crippen LogP contribution >= 0.6 is 0 Å². The molecule has 0 radical (unpaired) electrons. The predicted octanol–water partition coefficient (Wildman–Crippen LogP) is 3.50. The molecule has 2 aliphatic carbocycles. The summed E-state index contributed by atoms with van der Waals surface area (Å²) in [5, 5.41) is 14.3. The Morgan fingerprint density at radius 1 is 0.917 bits per heavy atom. The fourth-order valence-corrected chi connectivity index (χ4v) is 4.76. The molecule has 2 N–H and O–H groups in total. The van der Waals surface area contributed by atoms with Gasteiger partial charge in [0.15, 0.2) is 0 Å². The number of aliphatic hydroxyl groups is 1. The zero-order valence-corrected chi connectivity index (χ0v) is 14.7. The Kier molecular flexibility index (Phi) is 5.21. The Morgan fingerprint density at radius 3 is 2.29 bits per heavy atom. The molecule has 2 saturated carbocycles. The van der Waals surface area contributed by atoms with Crippen LogP contribution in [-0.4, -0.2) is 41.3 Å². The van der Waals surface area contributed by atoms with Crippen LogP contribution in [0.5, 0.6) is 0 Å². The van der Waals surface area contributed by atoms with Crippen LogP contribution in [-0.2, 0) is 0 Å². The van der Waals surface area contributed by atoms with Gasteiger partial charge < -0.3 is 10.4 Å². The Bertz CT molecular complexity index is 508. The highest BCUT2D eigenvalue weighted by molar-refractivity contribution is 5.21. The molecule has 3 nitrogen and oxygen atoms in total. The normalized spacial score (nSPS) is 31.0. The van der Waals surface area contributed by atoms with Crippen LogP contribution in [0.25, 0.3) is 0 Å². The largest absolute Gasteiger partial charge is 0.391 e. The second-order valence-corrected chi connectivity index (χ2v) is 8.12. The van der Waals surface area contributed by atoms with Crippen molar-refractivity contribution in [2.24, 2.45) is 5.92 Å². The first-order valence-corrected chi connectivity index (χ1v) is 10.0. The Balaban J connectivity index is 1.32. The van der Waals surface area contributed by atoms with Crippen LogP contribution in [0, 0.1) is 5.92 Å². The molecule has 3 aliphatic rings. The third-order valence-electron chi connectivity index (χ3n) is 6.36. The maximum atomic E-state index is 10.3. The van der Waals surface area contributed by atoms with Gasteiger partial charge in [0.1, 0.15) is 0 Å². The molecule has 0 amide bonds. The summed E-state index contributed by atoms with van der Waals surface area (Å²) in [5.74, 6) is 0.839. The first-order chi connectivity index (χ1) is 11.8. The molecule has 3 unspecified atom stereocenters. The lowest BCUT2D eigenvalue weighted by atomic mass is 9.89. The highest BCUT2D eigenvalue weighted by Gasteiger charge is 2.36. The summed E-state index contributed by atoms with van der Waals surface area (Å²) in [6, 6.07) is 12.6. The topological polar surface area (TPSA) is 35.5 Å². The van der Waals surface area contributed by atoms with Crippen LogP contribution in [0.15, 0.2) is 30.3 Å². The van der Waals surface area contributed by atoms with Crippen molar-refractivity contribution in [3.8, 4) is 0 Å². The van der Waals surface area contributed by atoms with Gasteiger partial charge in [0.2, 0.25) is 0 Å². The lowest BCUT2D eigenvalue weighted by molar-refractivity contribution is 0.00644. The molecule has 132 valence electrons. The molecular weight excluding hydrogens is 296 g/mol. The van der Waals surface area contributed by atoms with Crippen molar-refractivity contribution in [2.75, 3.05) is 13.1 Å². The molecule has 3 atom stereocenters. The van der Waals surface area contributed by atoms with Gasteiger partial charge in [-0.15, -0.1) is 0 Å². The van der Waals surface area contributed by atoms with E-state index >= 15 is 0 Å². The van der Waals surface area contributed by atoms with Gasteiger partial charge in [-0.2, -0.15) is 0 Å². The Morgan fingerprint density at radius 2 is 1.62 bits per heavy atom. The van der Waals surface area contributed by atoms with E-state index in [1.54, 1.807) is 0 Å². The quantitative estimate of drug-likeness (QED) is 0.868. The van der Waals surface area contributed by atoms with Gasteiger partial charge in [0.05, 0.1) is 6.10 Å². The second kappa shape index (κ2) is 7.55. The summed E-state index contributed by atoms with van der Waals surface area (Å²) in [5.41, 5.74) is 1.46. The third kappa shape index (κ3) is 3.84. The van der Waals surface area contributed by atoms with Crippen LogP contribution < -0.4 is 5.32 Å². The first kappa shape index (κ1) is 16.6. The fourth-order valence-electron chi connectivity index (χ4n) is 4.76. The maximum Gasteiger partial charge on any atom is 0.0695 e. The smallest absolute Gasteiger partial charge is 0.0695 e. The molecule has 1 aromatic carbocycles. The molecular formula is C21H32N2O. The molecule has 0 bridgehead atoms. The van der Waals surface area contributed by atoms with Gasteiger partial charge in [-0.25, -0.2) is 0 Å². The van der Waals surface area contributed by atoms with E-state index in [9.17, 15) is 5.11 Å². The molecule has 3 heteroatoms. The first-order valence-electron chi connectivity index (χ1n) is 10.0. The summed E-state index contributed by atoms with van der Waals surface area (Å²) in [4.78, 5) is 2.57. The van der Waals surface area contributed by atoms with E-state index in [0.717, 1.165) is 25.4 Å². The number of benzene rings is 1. The average molecular weight is 329 g/mol. The molecule has 0 spiro atoms. The fraction of sp³-hybridized carbons (Fsp3) is 0.714. The summed E-state index contributed by atoms with van der Waals surface area (Å²) >= 11 is 0. The van der Waals surface area contributed by atoms with Crippen molar-refractivity contribution in [3.05, 3.63) is 35.9 Å². The number of rotatable bonds is 5. The predicted molar refractivity (Wildman–Crippen MR) is 97.9 cm³/mol. The lowest BCUT2D eigenvalue weighted by Crippen LogP contribution is -2.52. The van der Waals surface area contributed by atoms with Crippen LogP contribution in [0.4, 0.5) is 0 Å². The number of aliphatic hydroxyl groups excluding tert-OH is 1.